The predicted molar refractivity (Wildman–Crippen MR) is 74.8 cm³/mol. The van der Waals surface area contributed by atoms with E-state index in [1.807, 2.05) is 6.92 Å². The van der Waals surface area contributed by atoms with Gasteiger partial charge in [0.05, 0.1) is 11.5 Å². The molecule has 1 amide bonds. The molecule has 0 aliphatic carbocycles. The molecule has 0 saturated carbocycles. The fraction of sp³-hybridized carbons (Fsp3) is 0.545. The zero-order chi connectivity index (χ0) is 15.1. The van der Waals surface area contributed by atoms with Gasteiger partial charge in [0.2, 0.25) is 17.7 Å². The molecule has 20 heavy (non-hydrogen) atoms. The summed E-state index contributed by atoms with van der Waals surface area (Å²) in [6.45, 7) is 4.07. The van der Waals surface area contributed by atoms with Gasteiger partial charge in [-0.3, -0.25) is 14.9 Å². The molecule has 0 aliphatic heterocycles. The normalized spacial score (nSPS) is 9.95. The minimum Gasteiger partial charge on any atom is -0.358 e. The average Bonchev–Trinajstić information content (AvgIpc) is 2.41. The Balaban J connectivity index is 3.04. The lowest BCUT2D eigenvalue weighted by atomic mass is 10.3. The lowest BCUT2D eigenvalue weighted by Crippen LogP contribution is -2.27. The second kappa shape index (κ2) is 7.22. The van der Waals surface area contributed by atoms with Gasteiger partial charge in [-0.15, -0.1) is 0 Å². The van der Waals surface area contributed by atoms with E-state index in [2.05, 4.69) is 25.9 Å². The van der Waals surface area contributed by atoms with Crippen LogP contribution in [-0.4, -0.2) is 40.9 Å². The van der Waals surface area contributed by atoms with Crippen LogP contribution in [0, 0.1) is 17.0 Å². The molecule has 1 aromatic heterocycles. The number of aryl methyl sites for hydroxylation is 1. The smallest absolute Gasteiger partial charge is 0.332 e. The predicted octanol–water partition coefficient (Wildman–Crippen LogP) is 0.673. The van der Waals surface area contributed by atoms with Crippen molar-refractivity contribution in [2.75, 3.05) is 30.8 Å². The van der Waals surface area contributed by atoms with Crippen LogP contribution < -0.4 is 16.0 Å². The molecule has 1 aromatic rings. The van der Waals surface area contributed by atoms with E-state index in [-0.39, 0.29) is 29.7 Å². The average molecular weight is 282 g/mol. The monoisotopic (exact) mass is 282 g/mol. The molecule has 0 unspecified atom stereocenters. The number of hydrogen-bond acceptors (Lipinski definition) is 7. The number of nitro groups is 1. The summed E-state index contributed by atoms with van der Waals surface area (Å²) in [7, 11) is 1.48. The van der Waals surface area contributed by atoms with Gasteiger partial charge in [0.15, 0.2) is 0 Å². The summed E-state index contributed by atoms with van der Waals surface area (Å²) in [6, 6.07) is 0. The molecule has 110 valence electrons. The number of rotatable bonds is 7. The largest absolute Gasteiger partial charge is 0.358 e. The molecule has 0 aromatic carbocycles. The molecule has 0 aliphatic rings. The molecule has 1 heterocycles. The quantitative estimate of drug-likeness (QED) is 0.496. The van der Waals surface area contributed by atoms with Gasteiger partial charge in [0.25, 0.3) is 0 Å². The Labute approximate surface area is 116 Å². The van der Waals surface area contributed by atoms with Crippen molar-refractivity contribution in [1.82, 2.24) is 15.3 Å². The highest BCUT2D eigenvalue weighted by atomic mass is 16.6. The molecule has 9 heteroatoms. The van der Waals surface area contributed by atoms with Crippen LogP contribution in [0.4, 0.5) is 17.5 Å². The maximum absolute atomic E-state index is 11.2. The van der Waals surface area contributed by atoms with Crippen LogP contribution in [0.15, 0.2) is 0 Å². The Bertz CT molecular complexity index is 505. The van der Waals surface area contributed by atoms with Gasteiger partial charge in [-0.2, -0.15) is 4.98 Å². The molecule has 0 atom stereocenters. The number of anilines is 2. The molecule has 0 bridgehead atoms. The lowest BCUT2D eigenvalue weighted by molar-refractivity contribution is -0.385. The van der Waals surface area contributed by atoms with Gasteiger partial charge in [-0.1, -0.05) is 6.92 Å². The number of amides is 1. The van der Waals surface area contributed by atoms with Crippen molar-refractivity contribution >= 4 is 23.4 Å². The molecule has 0 fully saturated rings. The van der Waals surface area contributed by atoms with Crippen molar-refractivity contribution in [2.24, 2.45) is 0 Å². The molecular weight excluding hydrogens is 264 g/mol. The topological polar surface area (TPSA) is 122 Å². The maximum atomic E-state index is 11.2. The Kier molecular flexibility index (Phi) is 5.63. The summed E-state index contributed by atoms with van der Waals surface area (Å²) in [5.41, 5.74) is 0.0129. The van der Waals surface area contributed by atoms with Crippen molar-refractivity contribution in [3.63, 3.8) is 0 Å². The molecule has 9 nitrogen and oxygen atoms in total. The van der Waals surface area contributed by atoms with Crippen LogP contribution in [0.1, 0.15) is 19.0 Å². The van der Waals surface area contributed by atoms with Gasteiger partial charge in [-0.05, 0) is 13.3 Å². The third kappa shape index (κ3) is 4.04. The molecule has 0 radical (unpaired) electrons. The first-order chi connectivity index (χ1) is 9.49. The molecule has 0 saturated heterocycles. The van der Waals surface area contributed by atoms with Crippen LogP contribution in [0.2, 0.25) is 0 Å². The van der Waals surface area contributed by atoms with Crippen molar-refractivity contribution in [3.05, 3.63) is 15.8 Å². The Morgan fingerprint density at radius 2 is 2.05 bits per heavy atom. The summed E-state index contributed by atoms with van der Waals surface area (Å²) in [5, 5.41) is 19.1. The van der Waals surface area contributed by atoms with E-state index in [9.17, 15) is 14.9 Å². The van der Waals surface area contributed by atoms with Gasteiger partial charge in [0.1, 0.15) is 5.69 Å². The van der Waals surface area contributed by atoms with Gasteiger partial charge in [-0.25, -0.2) is 4.98 Å². The number of aromatic nitrogens is 2. The number of likely N-dealkylation sites (N-methyl/N-ethyl adjacent to an activating group) is 1. The summed E-state index contributed by atoms with van der Waals surface area (Å²) >= 11 is 0. The third-order valence-corrected chi connectivity index (χ3v) is 2.47. The Hall–Kier alpha value is -2.45. The highest BCUT2D eigenvalue weighted by molar-refractivity contribution is 5.81. The summed E-state index contributed by atoms with van der Waals surface area (Å²) in [6.07, 6.45) is 0.875. The van der Waals surface area contributed by atoms with Gasteiger partial charge < -0.3 is 16.0 Å². The molecular formula is C11H18N6O3. The van der Waals surface area contributed by atoms with E-state index in [0.29, 0.717) is 12.5 Å². The number of carbonyl (C=O) groups is 1. The fourth-order valence-electron chi connectivity index (χ4n) is 1.48. The van der Waals surface area contributed by atoms with Crippen LogP contribution in [0.3, 0.4) is 0 Å². The zero-order valence-corrected chi connectivity index (χ0v) is 11.7. The van der Waals surface area contributed by atoms with E-state index >= 15 is 0 Å². The molecule has 1 rings (SSSR count). The second-order valence-electron chi connectivity index (χ2n) is 4.04. The number of nitrogens with zero attached hydrogens (tertiary/aromatic N) is 3. The standard InChI is InChI=1S/C11H18N6O3/c1-4-5-13-11-15-7(2)9(17(19)20)10(16-11)14-6-8(18)12-3/h4-6H2,1-3H3,(H,12,18)(H2,13,14,15,16). The first kappa shape index (κ1) is 15.6. The summed E-state index contributed by atoms with van der Waals surface area (Å²) < 4.78 is 0. The van der Waals surface area contributed by atoms with Crippen LogP contribution in [0.25, 0.3) is 0 Å². The molecule has 3 N–H and O–H groups in total. The van der Waals surface area contributed by atoms with Gasteiger partial charge in [0, 0.05) is 13.6 Å². The zero-order valence-electron chi connectivity index (χ0n) is 11.7. The van der Waals surface area contributed by atoms with Crippen molar-refractivity contribution < 1.29 is 9.72 Å². The SMILES string of the molecule is CCCNc1nc(C)c([N+](=O)[O-])c(NCC(=O)NC)n1. The van der Waals surface area contributed by atoms with Crippen molar-refractivity contribution in [2.45, 2.75) is 20.3 Å². The first-order valence-electron chi connectivity index (χ1n) is 6.21. The van der Waals surface area contributed by atoms with Crippen molar-refractivity contribution in [1.29, 1.82) is 0 Å². The number of hydrogen-bond donors (Lipinski definition) is 3. The lowest BCUT2D eigenvalue weighted by Gasteiger charge is -2.10. The van der Waals surface area contributed by atoms with E-state index in [1.165, 1.54) is 14.0 Å². The minimum absolute atomic E-state index is 0.0321. The Morgan fingerprint density at radius 1 is 1.35 bits per heavy atom. The number of carbonyl (C=O) groups excluding carboxylic acids is 1. The van der Waals surface area contributed by atoms with E-state index in [0.717, 1.165) is 6.42 Å². The van der Waals surface area contributed by atoms with Crippen molar-refractivity contribution in [3.8, 4) is 0 Å². The van der Waals surface area contributed by atoms with Crippen LogP contribution in [-0.2, 0) is 4.79 Å². The highest BCUT2D eigenvalue weighted by Crippen LogP contribution is 2.26. The summed E-state index contributed by atoms with van der Waals surface area (Å²) in [4.78, 5) is 29.8. The third-order valence-electron chi connectivity index (χ3n) is 2.47. The molecule has 0 spiro atoms. The summed E-state index contributed by atoms with van der Waals surface area (Å²) in [5.74, 6) is 0.0395. The maximum Gasteiger partial charge on any atom is 0.332 e. The second-order valence-corrected chi connectivity index (χ2v) is 4.04. The highest BCUT2D eigenvalue weighted by Gasteiger charge is 2.22. The Morgan fingerprint density at radius 3 is 2.60 bits per heavy atom. The van der Waals surface area contributed by atoms with E-state index in [1.54, 1.807) is 0 Å². The van der Waals surface area contributed by atoms with Crippen LogP contribution >= 0.6 is 0 Å². The fourth-order valence-corrected chi connectivity index (χ4v) is 1.48. The first-order valence-corrected chi connectivity index (χ1v) is 6.21. The van der Waals surface area contributed by atoms with E-state index in [4.69, 9.17) is 0 Å². The minimum atomic E-state index is -0.564. The van der Waals surface area contributed by atoms with Crippen LogP contribution in [0.5, 0.6) is 0 Å². The van der Waals surface area contributed by atoms with Gasteiger partial charge >= 0.3 is 5.69 Å². The van der Waals surface area contributed by atoms with E-state index < -0.39 is 4.92 Å². The number of nitrogens with one attached hydrogen (secondary N) is 3.